The molecule has 1 aliphatic rings. The molecular weight excluding hydrogens is 314 g/mol. The predicted molar refractivity (Wildman–Crippen MR) is 97.7 cm³/mol. The van der Waals surface area contributed by atoms with Gasteiger partial charge in [-0.1, -0.05) is 42.5 Å². The Labute approximate surface area is 148 Å². The van der Waals surface area contributed by atoms with Crippen LogP contribution in [0.1, 0.15) is 36.8 Å². The van der Waals surface area contributed by atoms with Crippen LogP contribution >= 0.6 is 0 Å². The average molecular weight is 339 g/mol. The maximum Gasteiger partial charge on any atom is 0.321 e. The third-order valence-corrected chi connectivity index (χ3v) is 4.64. The summed E-state index contributed by atoms with van der Waals surface area (Å²) < 4.78 is 6.02. The number of rotatable bonds is 8. The molecule has 2 N–H and O–H groups in total. The lowest BCUT2D eigenvalue weighted by Gasteiger charge is -2.16. The van der Waals surface area contributed by atoms with Crippen LogP contribution in [0.3, 0.4) is 0 Å². The van der Waals surface area contributed by atoms with Gasteiger partial charge in [-0.2, -0.15) is 0 Å². The van der Waals surface area contributed by atoms with Gasteiger partial charge in [-0.25, -0.2) is 0 Å². The summed E-state index contributed by atoms with van der Waals surface area (Å²) in [6, 6.07) is 17.0. The average Bonchev–Trinajstić information content (AvgIpc) is 3.12. The van der Waals surface area contributed by atoms with Crippen LogP contribution in [-0.4, -0.2) is 23.2 Å². The van der Waals surface area contributed by atoms with E-state index in [1.807, 2.05) is 54.6 Å². The van der Waals surface area contributed by atoms with Gasteiger partial charge in [0.15, 0.2) is 0 Å². The molecule has 0 unspecified atom stereocenters. The Hall–Kier alpha value is -2.33. The largest absolute Gasteiger partial charge is 0.490 e. The van der Waals surface area contributed by atoms with Gasteiger partial charge < -0.3 is 15.2 Å². The number of hydrogen-bond donors (Lipinski definition) is 2. The SMILES string of the molecule is O=C(O)[C@@H](Cc1ccccc1)NCc1cccc(OC2CCCC2)c1. The number of carbonyl (C=O) groups is 1. The molecule has 0 radical (unpaired) electrons. The lowest BCUT2D eigenvalue weighted by atomic mass is 10.1. The van der Waals surface area contributed by atoms with Crippen LogP contribution in [0, 0.1) is 0 Å². The Morgan fingerprint density at radius 3 is 2.52 bits per heavy atom. The van der Waals surface area contributed by atoms with Crippen LogP contribution in [0.25, 0.3) is 0 Å². The van der Waals surface area contributed by atoms with Crippen molar-refractivity contribution in [2.75, 3.05) is 0 Å². The Kier molecular flexibility index (Phi) is 6.07. The summed E-state index contributed by atoms with van der Waals surface area (Å²) in [6.07, 6.45) is 5.53. The van der Waals surface area contributed by atoms with Crippen molar-refractivity contribution in [3.63, 3.8) is 0 Å². The zero-order chi connectivity index (χ0) is 17.5. The molecule has 4 nitrogen and oxygen atoms in total. The molecule has 0 bridgehead atoms. The molecule has 1 fully saturated rings. The van der Waals surface area contributed by atoms with E-state index >= 15 is 0 Å². The van der Waals surface area contributed by atoms with Crippen LogP contribution in [0.2, 0.25) is 0 Å². The van der Waals surface area contributed by atoms with Gasteiger partial charge in [0.25, 0.3) is 0 Å². The van der Waals surface area contributed by atoms with Crippen molar-refractivity contribution < 1.29 is 14.6 Å². The van der Waals surface area contributed by atoms with Crippen LogP contribution in [-0.2, 0) is 17.8 Å². The van der Waals surface area contributed by atoms with Gasteiger partial charge in [-0.3, -0.25) is 4.79 Å². The lowest BCUT2D eigenvalue weighted by Crippen LogP contribution is -2.38. The van der Waals surface area contributed by atoms with E-state index in [0.717, 1.165) is 29.7 Å². The van der Waals surface area contributed by atoms with Crippen LogP contribution < -0.4 is 10.1 Å². The molecule has 1 aliphatic carbocycles. The van der Waals surface area contributed by atoms with Crippen molar-refractivity contribution in [1.82, 2.24) is 5.32 Å². The molecule has 0 saturated heterocycles. The second-order valence-corrected chi connectivity index (χ2v) is 6.63. The first-order valence-corrected chi connectivity index (χ1v) is 8.96. The van der Waals surface area contributed by atoms with Crippen molar-refractivity contribution >= 4 is 5.97 Å². The van der Waals surface area contributed by atoms with Gasteiger partial charge in [0, 0.05) is 6.54 Å². The third kappa shape index (κ3) is 5.33. The molecule has 0 aliphatic heterocycles. The van der Waals surface area contributed by atoms with Crippen molar-refractivity contribution in [3.05, 3.63) is 65.7 Å². The Morgan fingerprint density at radius 1 is 1.08 bits per heavy atom. The smallest absolute Gasteiger partial charge is 0.321 e. The minimum atomic E-state index is -0.831. The molecule has 3 rings (SSSR count). The monoisotopic (exact) mass is 339 g/mol. The second-order valence-electron chi connectivity index (χ2n) is 6.63. The van der Waals surface area contributed by atoms with Crippen molar-refractivity contribution in [1.29, 1.82) is 0 Å². The zero-order valence-electron chi connectivity index (χ0n) is 14.4. The third-order valence-electron chi connectivity index (χ3n) is 4.64. The van der Waals surface area contributed by atoms with Gasteiger partial charge in [-0.05, 0) is 55.4 Å². The topological polar surface area (TPSA) is 58.6 Å². The maximum atomic E-state index is 11.5. The first-order valence-electron chi connectivity index (χ1n) is 8.96. The van der Waals surface area contributed by atoms with Gasteiger partial charge in [0.05, 0.1) is 6.10 Å². The van der Waals surface area contributed by atoms with Gasteiger partial charge in [-0.15, -0.1) is 0 Å². The number of carboxylic acid groups (broad SMARTS) is 1. The highest BCUT2D eigenvalue weighted by molar-refractivity contribution is 5.73. The van der Waals surface area contributed by atoms with E-state index in [1.165, 1.54) is 12.8 Å². The van der Waals surface area contributed by atoms with E-state index in [1.54, 1.807) is 0 Å². The summed E-state index contributed by atoms with van der Waals surface area (Å²) in [7, 11) is 0. The number of nitrogens with one attached hydrogen (secondary N) is 1. The number of aliphatic carboxylic acids is 1. The van der Waals surface area contributed by atoms with E-state index in [2.05, 4.69) is 5.32 Å². The van der Waals surface area contributed by atoms with E-state index < -0.39 is 12.0 Å². The molecule has 2 aromatic rings. The predicted octanol–water partition coefficient (Wildman–Crippen LogP) is 3.79. The van der Waals surface area contributed by atoms with E-state index in [-0.39, 0.29) is 0 Å². The Morgan fingerprint density at radius 2 is 1.80 bits per heavy atom. The fraction of sp³-hybridized carbons (Fsp3) is 0.381. The van der Waals surface area contributed by atoms with E-state index in [0.29, 0.717) is 19.1 Å². The summed E-state index contributed by atoms with van der Waals surface area (Å²) in [5.74, 6) is 0.0448. The number of carboxylic acids is 1. The normalized spacial score (nSPS) is 15.8. The van der Waals surface area contributed by atoms with Gasteiger partial charge >= 0.3 is 5.97 Å². The number of hydrogen-bond acceptors (Lipinski definition) is 3. The fourth-order valence-electron chi connectivity index (χ4n) is 3.27. The highest BCUT2D eigenvalue weighted by atomic mass is 16.5. The summed E-state index contributed by atoms with van der Waals surface area (Å²) >= 11 is 0. The zero-order valence-corrected chi connectivity index (χ0v) is 14.4. The van der Waals surface area contributed by atoms with Crippen LogP contribution in [0.4, 0.5) is 0 Å². The molecular formula is C21H25NO3. The number of ether oxygens (including phenoxy) is 1. The lowest BCUT2D eigenvalue weighted by molar-refractivity contribution is -0.139. The first-order chi connectivity index (χ1) is 12.2. The highest BCUT2D eigenvalue weighted by Crippen LogP contribution is 2.24. The van der Waals surface area contributed by atoms with E-state index in [9.17, 15) is 9.90 Å². The Bertz CT molecular complexity index is 681. The van der Waals surface area contributed by atoms with Crippen molar-refractivity contribution in [3.8, 4) is 5.75 Å². The molecule has 0 aromatic heterocycles. The summed E-state index contributed by atoms with van der Waals surface area (Å²) in [6.45, 7) is 0.506. The molecule has 2 aromatic carbocycles. The fourth-order valence-corrected chi connectivity index (χ4v) is 3.27. The molecule has 4 heteroatoms. The van der Waals surface area contributed by atoms with Gasteiger partial charge in [0.1, 0.15) is 11.8 Å². The minimum absolute atomic E-state index is 0.327. The van der Waals surface area contributed by atoms with Crippen molar-refractivity contribution in [2.45, 2.75) is 50.8 Å². The molecule has 0 spiro atoms. The molecule has 0 heterocycles. The Balaban J connectivity index is 1.57. The van der Waals surface area contributed by atoms with Crippen molar-refractivity contribution in [2.24, 2.45) is 0 Å². The molecule has 1 saturated carbocycles. The molecule has 1 atom stereocenters. The second kappa shape index (κ2) is 8.67. The summed E-state index contributed by atoms with van der Waals surface area (Å²) in [5, 5.41) is 12.6. The standard InChI is InChI=1S/C21H25NO3/c23-21(24)20(14-16-7-2-1-3-8-16)22-15-17-9-6-12-19(13-17)25-18-10-4-5-11-18/h1-3,6-9,12-13,18,20,22H,4-5,10-11,14-15H2,(H,23,24)/t20-/m1/s1. The minimum Gasteiger partial charge on any atom is -0.490 e. The number of benzene rings is 2. The van der Waals surface area contributed by atoms with Gasteiger partial charge in [0.2, 0.25) is 0 Å². The maximum absolute atomic E-state index is 11.5. The van der Waals surface area contributed by atoms with Crippen LogP contribution in [0.5, 0.6) is 5.75 Å². The highest BCUT2D eigenvalue weighted by Gasteiger charge is 2.18. The summed E-state index contributed by atoms with van der Waals surface area (Å²) in [5.41, 5.74) is 2.05. The first kappa shape index (κ1) is 17.5. The molecule has 25 heavy (non-hydrogen) atoms. The van der Waals surface area contributed by atoms with Crippen LogP contribution in [0.15, 0.2) is 54.6 Å². The van der Waals surface area contributed by atoms with E-state index in [4.69, 9.17) is 4.74 Å². The molecule has 132 valence electrons. The quantitative estimate of drug-likeness (QED) is 0.768. The summed E-state index contributed by atoms with van der Waals surface area (Å²) in [4.78, 5) is 11.5. The molecule has 0 amide bonds.